The summed E-state index contributed by atoms with van der Waals surface area (Å²) in [5.41, 5.74) is 1.79. The maximum atomic E-state index is 13.3. The van der Waals surface area contributed by atoms with Gasteiger partial charge >= 0.3 is 0 Å². The van der Waals surface area contributed by atoms with Crippen LogP contribution < -0.4 is 4.74 Å². The van der Waals surface area contributed by atoms with Gasteiger partial charge in [0.25, 0.3) is 0 Å². The quantitative estimate of drug-likeness (QED) is 0.351. The molecule has 1 aliphatic carbocycles. The van der Waals surface area contributed by atoms with Crippen LogP contribution in [0, 0.1) is 12.3 Å². The van der Waals surface area contributed by atoms with E-state index in [1.165, 1.54) is 0 Å². The largest absolute Gasteiger partial charge is 0.496 e. The highest BCUT2D eigenvalue weighted by atomic mass is 32.2. The zero-order valence-electron chi connectivity index (χ0n) is 19.5. The number of methoxy groups -OCH3 is 1. The Morgan fingerprint density at radius 2 is 1.90 bits per heavy atom. The molecule has 2 atom stereocenters. The lowest BCUT2D eigenvalue weighted by Gasteiger charge is -2.46. The van der Waals surface area contributed by atoms with Crippen molar-refractivity contribution in [3.05, 3.63) is 45.4 Å². The predicted octanol–water partition coefficient (Wildman–Crippen LogP) is 5.42. The molecule has 0 radical (unpaired) electrons. The Morgan fingerprint density at radius 1 is 1.23 bits per heavy atom. The number of rotatable bonds is 6. The number of benzene rings is 1. The summed E-state index contributed by atoms with van der Waals surface area (Å²) in [5.74, 6) is 3.33. The van der Waals surface area contributed by atoms with E-state index in [-0.39, 0.29) is 10.6 Å². The number of fused-ring (bicyclic) bond motifs is 2. The SMILES string of the molecule is C#CCCCCC1=C2C(=Cc3c(OC)cccc3C2[Si](C)(C)C(C)(C)C)C(O)S1(=O)=O. The van der Waals surface area contributed by atoms with Gasteiger partial charge in [0, 0.05) is 23.1 Å². The Hall–Kier alpha value is -1.81. The van der Waals surface area contributed by atoms with Crippen LogP contribution in [0.1, 0.15) is 63.1 Å². The molecular weight excluding hydrogens is 424 g/mol. The molecule has 2 aliphatic rings. The van der Waals surface area contributed by atoms with Gasteiger partial charge in [-0.3, -0.25) is 0 Å². The highest BCUT2D eigenvalue weighted by molar-refractivity contribution is 7.96. The summed E-state index contributed by atoms with van der Waals surface area (Å²) in [7, 11) is -4.32. The number of aliphatic hydroxyl groups excluding tert-OH is 1. The van der Waals surface area contributed by atoms with E-state index in [1.54, 1.807) is 7.11 Å². The van der Waals surface area contributed by atoms with Gasteiger partial charge in [-0.2, -0.15) is 0 Å². The molecule has 31 heavy (non-hydrogen) atoms. The van der Waals surface area contributed by atoms with Gasteiger partial charge in [0.1, 0.15) is 5.75 Å². The number of sulfone groups is 1. The highest BCUT2D eigenvalue weighted by Crippen LogP contribution is 2.57. The van der Waals surface area contributed by atoms with Gasteiger partial charge in [-0.15, -0.1) is 12.3 Å². The lowest BCUT2D eigenvalue weighted by molar-refractivity contribution is 0.289. The lowest BCUT2D eigenvalue weighted by atomic mass is 9.86. The van der Waals surface area contributed by atoms with Crippen LogP contribution >= 0.6 is 0 Å². The van der Waals surface area contributed by atoms with Crippen molar-refractivity contribution < 1.29 is 18.3 Å². The van der Waals surface area contributed by atoms with Gasteiger partial charge < -0.3 is 9.84 Å². The van der Waals surface area contributed by atoms with Gasteiger partial charge in [-0.05, 0) is 47.6 Å². The molecule has 168 valence electrons. The Morgan fingerprint density at radius 3 is 2.48 bits per heavy atom. The number of hydrogen-bond donors (Lipinski definition) is 1. The molecule has 0 bridgehead atoms. The molecule has 3 rings (SSSR count). The number of aliphatic hydroxyl groups is 1. The Kier molecular flexibility index (Phi) is 6.36. The van der Waals surface area contributed by atoms with Gasteiger partial charge in [0.05, 0.1) is 20.1 Å². The minimum absolute atomic E-state index is 0.0132. The van der Waals surface area contributed by atoms with Crippen LogP contribution in [-0.4, -0.2) is 34.1 Å². The molecule has 0 spiro atoms. The Balaban J connectivity index is 2.32. The van der Waals surface area contributed by atoms with Crippen LogP contribution in [0.3, 0.4) is 0 Å². The molecule has 4 nitrogen and oxygen atoms in total. The molecule has 0 saturated carbocycles. The van der Waals surface area contributed by atoms with Crippen molar-refractivity contribution in [2.24, 2.45) is 0 Å². The second kappa shape index (κ2) is 8.27. The molecule has 0 fully saturated rings. The van der Waals surface area contributed by atoms with E-state index >= 15 is 0 Å². The van der Waals surface area contributed by atoms with E-state index in [9.17, 15) is 13.5 Å². The number of unbranched alkanes of at least 4 members (excludes halogenated alkanes) is 2. The minimum atomic E-state index is -3.81. The predicted molar refractivity (Wildman–Crippen MR) is 130 cm³/mol. The van der Waals surface area contributed by atoms with E-state index in [1.807, 2.05) is 18.2 Å². The molecule has 0 saturated heterocycles. The fourth-order valence-corrected chi connectivity index (χ4v) is 9.49. The van der Waals surface area contributed by atoms with Crippen LogP contribution in [0.4, 0.5) is 0 Å². The van der Waals surface area contributed by atoms with E-state index in [4.69, 9.17) is 11.2 Å². The lowest BCUT2D eigenvalue weighted by Crippen LogP contribution is -2.46. The summed E-state index contributed by atoms with van der Waals surface area (Å²) in [6.45, 7) is 11.4. The molecule has 6 heteroatoms. The second-order valence-corrected chi connectivity index (χ2v) is 17.7. The second-order valence-electron chi connectivity index (χ2n) is 10.1. The standard InChI is InChI=1S/C25H34O4SSi/c1-8-9-10-11-15-21-22-19(24(26)30(21,27)28)16-18-17(13-12-14-20(18)29-5)23(22)31(6,7)25(2,3)4/h1,12-14,16,23-24,26H,9-11,15H2,2-7H3. The summed E-state index contributed by atoms with van der Waals surface area (Å²) in [6, 6.07) is 5.96. The molecular formula is C25H34O4SSi. The third-order valence-corrected chi connectivity index (χ3v) is 15.2. The van der Waals surface area contributed by atoms with Crippen molar-refractivity contribution >= 4 is 24.0 Å². The minimum Gasteiger partial charge on any atom is -0.496 e. The van der Waals surface area contributed by atoms with Crippen LogP contribution in [0.2, 0.25) is 18.1 Å². The summed E-state index contributed by atoms with van der Waals surface area (Å²) in [6.07, 6.45) is 9.72. The molecule has 2 unspecified atom stereocenters. The van der Waals surface area contributed by atoms with Crippen molar-refractivity contribution in [3.8, 4) is 18.1 Å². The van der Waals surface area contributed by atoms with E-state index < -0.39 is 23.3 Å². The third-order valence-electron chi connectivity index (χ3n) is 7.36. The maximum absolute atomic E-state index is 13.3. The summed E-state index contributed by atoms with van der Waals surface area (Å²) >= 11 is 0. The first-order valence-corrected chi connectivity index (χ1v) is 15.5. The average molecular weight is 459 g/mol. The first kappa shape index (κ1) is 23.8. The number of hydrogen-bond acceptors (Lipinski definition) is 4. The molecule has 1 aliphatic heterocycles. The number of allylic oxidation sites excluding steroid dienone is 1. The summed E-state index contributed by atoms with van der Waals surface area (Å²) in [5, 5.41) is 11.0. The molecule has 0 amide bonds. The van der Waals surface area contributed by atoms with Crippen LogP contribution in [-0.2, 0) is 9.84 Å². The monoisotopic (exact) mass is 458 g/mol. The van der Waals surface area contributed by atoms with Gasteiger partial charge in [-0.25, -0.2) is 8.42 Å². The fourth-order valence-electron chi connectivity index (χ4n) is 4.65. The van der Waals surface area contributed by atoms with E-state index in [0.29, 0.717) is 35.5 Å². The third kappa shape index (κ3) is 3.81. The van der Waals surface area contributed by atoms with Crippen LogP contribution in [0.5, 0.6) is 5.75 Å². The van der Waals surface area contributed by atoms with Crippen molar-refractivity contribution in [2.45, 2.75) is 75.6 Å². The van der Waals surface area contributed by atoms with Gasteiger partial charge in [0.15, 0.2) is 5.44 Å². The van der Waals surface area contributed by atoms with Crippen molar-refractivity contribution in [3.63, 3.8) is 0 Å². The summed E-state index contributed by atoms with van der Waals surface area (Å²) in [4.78, 5) is 0.409. The normalized spacial score (nSPS) is 22.5. The Labute approximate surface area is 188 Å². The Bertz CT molecular complexity index is 1080. The average Bonchev–Trinajstić information content (AvgIpc) is 2.88. The van der Waals surface area contributed by atoms with Crippen LogP contribution in [0.25, 0.3) is 6.08 Å². The van der Waals surface area contributed by atoms with E-state index in [2.05, 4.69) is 45.9 Å². The molecule has 0 aromatic heterocycles. The van der Waals surface area contributed by atoms with Crippen molar-refractivity contribution in [1.82, 2.24) is 0 Å². The van der Waals surface area contributed by atoms with E-state index in [0.717, 1.165) is 23.1 Å². The number of ether oxygens (including phenoxy) is 1. The van der Waals surface area contributed by atoms with Gasteiger partial charge in [-0.1, -0.05) is 46.0 Å². The first-order valence-electron chi connectivity index (χ1n) is 10.9. The topological polar surface area (TPSA) is 63.6 Å². The molecule has 1 N–H and O–H groups in total. The van der Waals surface area contributed by atoms with Crippen molar-refractivity contribution in [1.29, 1.82) is 0 Å². The molecule has 1 heterocycles. The highest BCUT2D eigenvalue weighted by Gasteiger charge is 2.53. The van der Waals surface area contributed by atoms with Crippen molar-refractivity contribution in [2.75, 3.05) is 7.11 Å². The molecule has 1 aromatic rings. The van der Waals surface area contributed by atoms with Crippen LogP contribution in [0.15, 0.2) is 34.3 Å². The zero-order chi connectivity index (χ0) is 23.2. The number of terminal acetylenes is 1. The zero-order valence-corrected chi connectivity index (χ0v) is 21.3. The maximum Gasteiger partial charge on any atom is 0.205 e. The van der Waals surface area contributed by atoms with Gasteiger partial charge in [0.2, 0.25) is 9.84 Å². The smallest absolute Gasteiger partial charge is 0.205 e. The fraction of sp³-hybridized carbons (Fsp3) is 0.520. The first-order chi connectivity index (χ1) is 14.4. The summed E-state index contributed by atoms with van der Waals surface area (Å²) < 4.78 is 32.3. The molecule has 1 aromatic carbocycles.